The summed E-state index contributed by atoms with van der Waals surface area (Å²) in [6, 6.07) is 8.28. The first kappa shape index (κ1) is 12.7. The molecule has 1 heterocycles. The van der Waals surface area contributed by atoms with Crippen LogP contribution < -0.4 is 10.6 Å². The number of carbonyl (C=O) groups excluding carboxylic acids is 1. The van der Waals surface area contributed by atoms with E-state index in [4.69, 9.17) is 0 Å². The van der Waals surface area contributed by atoms with Gasteiger partial charge in [-0.25, -0.2) is 0 Å². The molecular weight excluding hydrogens is 236 g/mol. The third kappa shape index (κ3) is 2.27. The molecule has 1 aliphatic carbocycles. The summed E-state index contributed by atoms with van der Waals surface area (Å²) in [5.74, 6) is 0.162. The number of carbonyl (C=O) groups is 1. The highest BCUT2D eigenvalue weighted by atomic mass is 16.2. The van der Waals surface area contributed by atoms with Crippen LogP contribution in [0.4, 0.5) is 0 Å². The van der Waals surface area contributed by atoms with Crippen molar-refractivity contribution in [2.24, 2.45) is 0 Å². The molecule has 1 unspecified atom stereocenters. The predicted molar refractivity (Wildman–Crippen MR) is 75.9 cm³/mol. The van der Waals surface area contributed by atoms with Crippen LogP contribution in [-0.4, -0.2) is 18.0 Å². The van der Waals surface area contributed by atoms with Gasteiger partial charge in [0.05, 0.1) is 5.92 Å². The van der Waals surface area contributed by atoms with E-state index in [2.05, 4.69) is 29.7 Å². The Labute approximate surface area is 114 Å². The topological polar surface area (TPSA) is 41.1 Å². The summed E-state index contributed by atoms with van der Waals surface area (Å²) >= 11 is 0. The molecule has 102 valence electrons. The number of amides is 1. The summed E-state index contributed by atoms with van der Waals surface area (Å²) in [5, 5.41) is 6.66. The van der Waals surface area contributed by atoms with Gasteiger partial charge < -0.3 is 10.6 Å². The van der Waals surface area contributed by atoms with Gasteiger partial charge in [0.15, 0.2) is 0 Å². The van der Waals surface area contributed by atoms with E-state index < -0.39 is 0 Å². The lowest BCUT2D eigenvalue weighted by atomic mass is 9.74. The summed E-state index contributed by atoms with van der Waals surface area (Å²) < 4.78 is 0. The number of fused-ring (bicyclic) bond motifs is 1. The zero-order valence-corrected chi connectivity index (χ0v) is 11.5. The van der Waals surface area contributed by atoms with Crippen LogP contribution in [0.5, 0.6) is 0 Å². The maximum atomic E-state index is 12.6. The van der Waals surface area contributed by atoms with E-state index in [-0.39, 0.29) is 17.4 Å². The predicted octanol–water partition coefficient (Wildman–Crippen LogP) is 2.32. The second-order valence-electron chi connectivity index (χ2n) is 5.86. The van der Waals surface area contributed by atoms with Crippen LogP contribution in [-0.2, 0) is 11.3 Å². The molecule has 1 saturated carbocycles. The van der Waals surface area contributed by atoms with E-state index in [0.717, 1.165) is 32.4 Å². The van der Waals surface area contributed by atoms with Crippen molar-refractivity contribution in [2.45, 2.75) is 50.6 Å². The summed E-state index contributed by atoms with van der Waals surface area (Å²) in [6.45, 7) is 3.80. The Kier molecular flexibility index (Phi) is 3.31. The standard InChI is InChI=1S/C16H22N2O/c1-2-16(8-5-9-16)18-15(19)14-11-17-10-12-6-3-4-7-13(12)14/h3-4,6-7,14,17H,2,5,8-11H2,1H3,(H,18,19). The van der Waals surface area contributed by atoms with Crippen molar-refractivity contribution < 1.29 is 4.79 Å². The fraction of sp³-hybridized carbons (Fsp3) is 0.562. The fourth-order valence-corrected chi connectivity index (χ4v) is 3.25. The molecule has 3 heteroatoms. The molecule has 19 heavy (non-hydrogen) atoms. The van der Waals surface area contributed by atoms with Crippen molar-refractivity contribution in [1.29, 1.82) is 0 Å². The number of hydrogen-bond donors (Lipinski definition) is 2. The molecule has 0 aromatic heterocycles. The van der Waals surface area contributed by atoms with Gasteiger partial charge in [0.25, 0.3) is 0 Å². The Balaban J connectivity index is 1.78. The highest BCUT2D eigenvalue weighted by molar-refractivity contribution is 5.85. The minimum absolute atomic E-state index is 0.0334. The maximum absolute atomic E-state index is 12.6. The van der Waals surface area contributed by atoms with Gasteiger partial charge in [-0.05, 0) is 36.8 Å². The van der Waals surface area contributed by atoms with Gasteiger partial charge in [-0.15, -0.1) is 0 Å². The van der Waals surface area contributed by atoms with E-state index in [1.165, 1.54) is 17.5 Å². The van der Waals surface area contributed by atoms with E-state index in [1.54, 1.807) is 0 Å². The Hall–Kier alpha value is -1.35. The largest absolute Gasteiger partial charge is 0.350 e. The Morgan fingerprint density at radius 2 is 2.21 bits per heavy atom. The van der Waals surface area contributed by atoms with Crippen LogP contribution in [0.25, 0.3) is 0 Å². The van der Waals surface area contributed by atoms with Gasteiger partial charge in [0, 0.05) is 18.6 Å². The van der Waals surface area contributed by atoms with Crippen molar-refractivity contribution in [1.82, 2.24) is 10.6 Å². The summed E-state index contributed by atoms with van der Waals surface area (Å²) in [7, 11) is 0. The first-order valence-electron chi connectivity index (χ1n) is 7.35. The number of rotatable bonds is 3. The van der Waals surface area contributed by atoms with Crippen molar-refractivity contribution >= 4 is 5.91 Å². The zero-order chi connectivity index (χ0) is 13.3. The molecule has 0 radical (unpaired) electrons. The van der Waals surface area contributed by atoms with Gasteiger partial charge in [-0.2, -0.15) is 0 Å². The second-order valence-corrected chi connectivity index (χ2v) is 5.86. The van der Waals surface area contributed by atoms with Gasteiger partial charge >= 0.3 is 0 Å². The van der Waals surface area contributed by atoms with E-state index in [0.29, 0.717) is 0 Å². The van der Waals surface area contributed by atoms with Gasteiger partial charge in [-0.3, -0.25) is 4.79 Å². The fourth-order valence-electron chi connectivity index (χ4n) is 3.25. The molecule has 2 N–H and O–H groups in total. The van der Waals surface area contributed by atoms with Gasteiger partial charge in [0.2, 0.25) is 5.91 Å². The highest BCUT2D eigenvalue weighted by Gasteiger charge is 2.38. The van der Waals surface area contributed by atoms with Crippen LogP contribution in [0.3, 0.4) is 0 Å². The first-order chi connectivity index (χ1) is 9.24. The lowest BCUT2D eigenvalue weighted by Crippen LogP contribution is -2.55. The molecule has 1 atom stereocenters. The molecule has 0 spiro atoms. The molecule has 1 fully saturated rings. The van der Waals surface area contributed by atoms with Crippen LogP contribution in [0.15, 0.2) is 24.3 Å². The van der Waals surface area contributed by atoms with Crippen LogP contribution in [0, 0.1) is 0 Å². The molecule has 1 aliphatic heterocycles. The molecular formula is C16H22N2O. The number of nitrogens with one attached hydrogen (secondary N) is 2. The lowest BCUT2D eigenvalue weighted by Gasteiger charge is -2.43. The Bertz CT molecular complexity index is 474. The molecule has 3 rings (SSSR count). The first-order valence-corrected chi connectivity index (χ1v) is 7.35. The third-order valence-corrected chi connectivity index (χ3v) is 4.79. The summed E-state index contributed by atoms with van der Waals surface area (Å²) in [4.78, 5) is 12.6. The SMILES string of the molecule is CCC1(NC(=O)C2CNCc3ccccc32)CCC1. The van der Waals surface area contributed by atoms with Crippen molar-refractivity contribution in [3.63, 3.8) is 0 Å². The van der Waals surface area contributed by atoms with Gasteiger partial charge in [0.1, 0.15) is 0 Å². The second kappa shape index (κ2) is 4.97. The normalized spacial score (nSPS) is 24.2. The van der Waals surface area contributed by atoms with Crippen molar-refractivity contribution in [2.75, 3.05) is 6.54 Å². The van der Waals surface area contributed by atoms with Crippen LogP contribution >= 0.6 is 0 Å². The minimum atomic E-state index is -0.0334. The molecule has 0 bridgehead atoms. The molecule has 1 aromatic carbocycles. The third-order valence-electron chi connectivity index (χ3n) is 4.79. The lowest BCUT2D eigenvalue weighted by molar-refractivity contribution is -0.125. The maximum Gasteiger partial charge on any atom is 0.229 e. The Morgan fingerprint density at radius 1 is 1.42 bits per heavy atom. The van der Waals surface area contributed by atoms with E-state index in [1.807, 2.05) is 12.1 Å². The molecule has 3 nitrogen and oxygen atoms in total. The summed E-state index contributed by atoms with van der Waals surface area (Å²) in [5.41, 5.74) is 2.54. The zero-order valence-electron chi connectivity index (χ0n) is 11.5. The van der Waals surface area contributed by atoms with E-state index in [9.17, 15) is 4.79 Å². The smallest absolute Gasteiger partial charge is 0.229 e. The van der Waals surface area contributed by atoms with Crippen molar-refractivity contribution in [3.05, 3.63) is 35.4 Å². The molecule has 1 amide bonds. The Morgan fingerprint density at radius 3 is 2.89 bits per heavy atom. The monoisotopic (exact) mass is 258 g/mol. The molecule has 0 saturated heterocycles. The number of hydrogen-bond acceptors (Lipinski definition) is 2. The van der Waals surface area contributed by atoms with Crippen LogP contribution in [0.2, 0.25) is 0 Å². The van der Waals surface area contributed by atoms with Crippen LogP contribution in [0.1, 0.15) is 49.7 Å². The quantitative estimate of drug-likeness (QED) is 0.873. The summed E-state index contributed by atoms with van der Waals surface area (Å²) in [6.07, 6.45) is 4.56. The average molecular weight is 258 g/mol. The van der Waals surface area contributed by atoms with Crippen molar-refractivity contribution in [3.8, 4) is 0 Å². The average Bonchev–Trinajstić information content (AvgIpc) is 2.42. The highest BCUT2D eigenvalue weighted by Crippen LogP contribution is 2.35. The number of benzene rings is 1. The minimum Gasteiger partial charge on any atom is -0.350 e. The molecule has 1 aromatic rings. The van der Waals surface area contributed by atoms with E-state index >= 15 is 0 Å². The van der Waals surface area contributed by atoms with Gasteiger partial charge in [-0.1, -0.05) is 31.2 Å². The molecule has 2 aliphatic rings.